The zero-order valence-corrected chi connectivity index (χ0v) is 55.7. The van der Waals surface area contributed by atoms with Crippen molar-refractivity contribution in [2.24, 2.45) is 0 Å². The van der Waals surface area contributed by atoms with Crippen LogP contribution in [-0.4, -0.2) is 67.1 Å². The second-order valence-corrected chi connectivity index (χ2v) is 29.3. The summed E-state index contributed by atoms with van der Waals surface area (Å²) in [4.78, 5) is 19.5. The van der Waals surface area contributed by atoms with Gasteiger partial charge < -0.3 is 39.2 Å². The van der Waals surface area contributed by atoms with Gasteiger partial charge in [-0.2, -0.15) is 4.40 Å². The number of fused-ring (bicyclic) bond motifs is 23. The summed E-state index contributed by atoms with van der Waals surface area (Å²) in [6.45, 7) is 0.983. The van der Waals surface area contributed by atoms with Gasteiger partial charge in [-0.3, -0.25) is 0 Å². The highest BCUT2D eigenvalue weighted by Gasteiger charge is 2.59. The van der Waals surface area contributed by atoms with Crippen LogP contribution in [0.3, 0.4) is 0 Å². The zero-order valence-electron chi connectivity index (χ0n) is 55.7. The van der Waals surface area contributed by atoms with Crippen molar-refractivity contribution in [1.82, 2.24) is 14.2 Å². The van der Waals surface area contributed by atoms with E-state index in [4.69, 9.17) is 0 Å². The molecule has 12 aliphatic rings. The molecule has 4 atom stereocenters. The lowest BCUT2D eigenvalue weighted by Gasteiger charge is -2.36. The summed E-state index contributed by atoms with van der Waals surface area (Å²) in [5.41, 5.74) is 31.7. The van der Waals surface area contributed by atoms with Crippen molar-refractivity contribution in [2.75, 3.05) is 57.6 Å². The van der Waals surface area contributed by atoms with Crippen molar-refractivity contribution in [2.45, 2.75) is 132 Å². The minimum absolute atomic E-state index is 0.324. The predicted octanol–water partition coefficient (Wildman–Crippen LogP) is 18.4. The minimum Gasteiger partial charge on any atom is -0.358 e. The first-order valence-corrected chi connectivity index (χ1v) is 35.9. The Kier molecular flexibility index (Phi) is 12.8. The molecule has 2 aromatic heterocycles. The number of benzene rings is 9. The first-order valence-electron chi connectivity index (χ1n) is 35.9. The maximum absolute atomic E-state index is 2.64. The molecule has 0 spiro atoms. The Labute approximate surface area is 564 Å². The van der Waals surface area contributed by atoms with Crippen LogP contribution in [0.5, 0.6) is 0 Å². The van der Waals surface area contributed by atoms with Gasteiger partial charge in [-0.15, -0.1) is 0 Å². The molecule has 23 rings (SSSR count). The molecular weight excluding hydrogens is 1170 g/mol. The van der Waals surface area contributed by atoms with Crippen molar-refractivity contribution >= 4 is 72.8 Å². The average Bonchev–Trinajstić information content (AvgIpc) is 1.50. The molecule has 11 heterocycles. The van der Waals surface area contributed by atoms with Crippen molar-refractivity contribution in [1.29, 1.82) is 0 Å². The lowest BCUT2D eigenvalue weighted by atomic mass is 9.76. The Morgan fingerprint density at radius 2 is 0.948 bits per heavy atom. The molecule has 11 aromatic rings. The van der Waals surface area contributed by atoms with E-state index in [1.54, 1.807) is 16.7 Å². The van der Waals surface area contributed by atoms with E-state index in [2.05, 4.69) is 295 Å². The van der Waals surface area contributed by atoms with Crippen LogP contribution in [0.25, 0.3) is 49.7 Å². The second-order valence-electron chi connectivity index (χ2n) is 29.3. The van der Waals surface area contributed by atoms with Gasteiger partial charge in [0.25, 0.3) is 5.65 Å². The van der Waals surface area contributed by atoms with E-state index in [-0.39, 0.29) is 0 Å². The third-order valence-corrected chi connectivity index (χ3v) is 24.4. The van der Waals surface area contributed by atoms with Crippen molar-refractivity contribution in [3.63, 3.8) is 0 Å². The molecule has 0 saturated heterocycles. The molecule has 2 fully saturated rings. The van der Waals surface area contributed by atoms with Gasteiger partial charge in [0.15, 0.2) is 5.69 Å². The minimum atomic E-state index is 0.324. The van der Waals surface area contributed by atoms with E-state index in [1.807, 2.05) is 0 Å². The topological polar surface area (TPSA) is 34.2 Å². The van der Waals surface area contributed by atoms with Gasteiger partial charge in [-0.25, -0.2) is 4.57 Å². The van der Waals surface area contributed by atoms with Crippen LogP contribution >= 0.6 is 0 Å². The lowest BCUT2D eigenvalue weighted by Crippen LogP contribution is -2.49. The Balaban J connectivity index is 0.0000000926. The van der Waals surface area contributed by atoms with Crippen molar-refractivity contribution in [3.05, 3.63) is 264 Å². The van der Waals surface area contributed by atoms with Crippen LogP contribution in [0.2, 0.25) is 0 Å². The SMILES string of the molecule is CN1C=CN2c3c(ccc4c3Cc3ccccc3-4)CC12.CN1C=CN2c3ccccc3CC12.CN1c2ccccc2N2c3cccc4c3C(C12)C1N(C)c2ccccc2N41.c1cc(C2CCCCC2)c(-c2c[n+]3c4c5c(cccc5c5ccccc5n24)C3)c(C2CCCCC2)c1. The van der Waals surface area contributed by atoms with Crippen LogP contribution in [0.4, 0.5) is 45.5 Å². The smallest absolute Gasteiger partial charge is 0.295 e. The van der Waals surface area contributed by atoms with Gasteiger partial charge in [-0.1, -0.05) is 178 Å². The molecule has 476 valence electrons. The van der Waals surface area contributed by atoms with E-state index in [0.29, 0.717) is 42.4 Å². The number of pyridine rings is 1. The maximum Gasteiger partial charge on any atom is 0.295 e. The highest BCUT2D eigenvalue weighted by Crippen LogP contribution is 2.65. The van der Waals surface area contributed by atoms with E-state index in [9.17, 15) is 0 Å². The largest absolute Gasteiger partial charge is 0.358 e. The molecule has 3 aliphatic carbocycles. The fourth-order valence-electron chi connectivity index (χ4n) is 20.1. The number of rotatable bonds is 3. The Morgan fingerprint density at radius 1 is 0.417 bits per heavy atom. The number of likely N-dealkylation sites (N-methyl/N-ethyl adjacent to an activating group) is 4. The molecule has 9 aliphatic heterocycles. The molecule has 2 saturated carbocycles. The second kappa shape index (κ2) is 21.8. The van der Waals surface area contributed by atoms with Crippen LogP contribution in [0.1, 0.15) is 126 Å². The van der Waals surface area contributed by atoms with E-state index < -0.39 is 0 Å². The molecule has 10 heteroatoms. The van der Waals surface area contributed by atoms with Crippen LogP contribution in [0, 0.1) is 0 Å². The van der Waals surface area contributed by atoms with E-state index >= 15 is 0 Å². The number of hydrogen-bond acceptors (Lipinski definition) is 8. The fourth-order valence-corrected chi connectivity index (χ4v) is 20.1. The van der Waals surface area contributed by atoms with Crippen LogP contribution in [0.15, 0.2) is 219 Å². The summed E-state index contributed by atoms with van der Waals surface area (Å²) in [6, 6.07) is 69.9. The van der Waals surface area contributed by atoms with Crippen LogP contribution < -0.4 is 34.0 Å². The number of imidazole rings is 1. The number of para-hydroxylation sites is 6. The van der Waals surface area contributed by atoms with Gasteiger partial charge in [0.1, 0.15) is 42.9 Å². The Bertz CT molecular complexity index is 4940. The number of hydrogen-bond donors (Lipinski definition) is 0. The monoisotopic (exact) mass is 1260 g/mol. The first-order chi connectivity index (χ1) is 47.3. The highest BCUT2D eigenvalue weighted by atomic mass is 15.5. The maximum atomic E-state index is 2.64. The van der Waals surface area contributed by atoms with Gasteiger partial charge in [0.05, 0.1) is 39.7 Å². The molecule has 10 nitrogen and oxygen atoms in total. The highest BCUT2D eigenvalue weighted by molar-refractivity contribution is 6.13. The molecule has 4 unspecified atom stereocenters. The van der Waals surface area contributed by atoms with Gasteiger partial charge in [-0.05, 0) is 131 Å². The van der Waals surface area contributed by atoms with E-state index in [1.165, 1.54) is 187 Å². The molecule has 0 amide bonds. The summed E-state index contributed by atoms with van der Waals surface area (Å²) < 4.78 is 5.18. The van der Waals surface area contributed by atoms with Crippen LogP contribution in [-0.2, 0) is 25.8 Å². The standard InChI is InChI=1S/C34H35N2.C23H20N4.C18H16N2.C11H12N2/c1-3-11-23(12-4-1)26-17-10-18-27(24-13-5-2-6-14-24)33(26)31-22-35-21-25-15-9-19-29-28-16-7-8-20-30(28)36(31)34(35)32(25)29;1-24-14-8-3-5-10-16(14)26-18-12-7-13-19-20(18)21(22(24)26)23-25(2)15-9-4-6-11-17(15)27(19)23;1-19-8-9-20-17(19)11-13-6-7-15-14-5-3-2-4-12(14)10-16(15)18(13)20;1-12-6-7-13-10-5-3-2-4-9(10)8-11(12)13/h7-10,15-20,22-24H,1-6,11-14,21H2;3-13,21-23H,1-2H3;2-9,17H,10-11H2,1H3;2-7,11H,8H2,1H3/q+1;;;. The fraction of sp³-hybridized carbons (Fsp3) is 0.291. The zero-order chi connectivity index (χ0) is 63.6. The number of aromatic nitrogens is 2. The summed E-state index contributed by atoms with van der Waals surface area (Å²) in [5.74, 6) is 1.81. The van der Waals surface area contributed by atoms with Crippen molar-refractivity contribution in [3.8, 4) is 22.4 Å². The molecule has 9 aromatic carbocycles. The summed E-state index contributed by atoms with van der Waals surface area (Å²) >= 11 is 0. The van der Waals surface area contributed by atoms with Crippen molar-refractivity contribution < 1.29 is 4.57 Å². The molecule has 0 bridgehead atoms. The van der Waals surface area contributed by atoms with E-state index in [0.717, 1.165) is 25.8 Å². The molecular formula is C86H83N10+. The number of nitrogens with zero attached hydrogens (tertiary/aromatic N) is 10. The van der Waals surface area contributed by atoms with Gasteiger partial charge in [0, 0.05) is 117 Å². The summed E-state index contributed by atoms with van der Waals surface area (Å²) in [6.07, 6.45) is 29.9. The normalized spacial score (nSPS) is 21.8. The molecule has 0 N–H and O–H groups in total. The summed E-state index contributed by atoms with van der Waals surface area (Å²) in [5, 5.41) is 4.23. The third-order valence-electron chi connectivity index (χ3n) is 24.4. The molecule has 0 radical (unpaired) electrons. The first kappa shape index (κ1) is 56.4. The lowest BCUT2D eigenvalue weighted by molar-refractivity contribution is -0.657. The van der Waals surface area contributed by atoms with Gasteiger partial charge in [0.2, 0.25) is 0 Å². The summed E-state index contributed by atoms with van der Waals surface area (Å²) in [7, 11) is 8.80. The Hall–Kier alpha value is -9.93. The predicted molar refractivity (Wildman–Crippen MR) is 394 cm³/mol. The molecule has 96 heavy (non-hydrogen) atoms. The Morgan fingerprint density at radius 3 is 1.64 bits per heavy atom. The average molecular weight is 1260 g/mol. The van der Waals surface area contributed by atoms with Gasteiger partial charge >= 0.3 is 0 Å². The number of anilines is 8. The third kappa shape index (κ3) is 8.19. The quantitative estimate of drug-likeness (QED) is 0.128.